The van der Waals surface area contributed by atoms with Crippen LogP contribution in [0.15, 0.2) is 18.2 Å². The van der Waals surface area contributed by atoms with E-state index in [0.717, 1.165) is 5.56 Å². The summed E-state index contributed by atoms with van der Waals surface area (Å²) in [5, 5.41) is 5.68. The highest BCUT2D eigenvalue weighted by Crippen LogP contribution is 2.27. The summed E-state index contributed by atoms with van der Waals surface area (Å²) >= 11 is 0. The van der Waals surface area contributed by atoms with Crippen molar-refractivity contribution in [2.75, 3.05) is 33.9 Å². The summed E-state index contributed by atoms with van der Waals surface area (Å²) in [5.41, 5.74) is 0.909. The highest BCUT2D eigenvalue weighted by atomic mass is 16.5. The Hall–Kier alpha value is -2.28. The highest BCUT2D eigenvalue weighted by Gasteiger charge is 2.14. The smallest absolute Gasteiger partial charge is 0.234 e. The number of hydrogen-bond acceptors (Lipinski definition) is 5. The number of likely N-dealkylation sites (N-methyl/N-ethyl adjacent to an activating group) is 1. The normalized spacial score (nSPS) is 10.7. The molecule has 0 heterocycles. The van der Waals surface area contributed by atoms with Crippen LogP contribution < -0.4 is 20.1 Å². The zero-order chi connectivity index (χ0) is 18.8. The topological polar surface area (TPSA) is 79.9 Å². The molecule has 1 aromatic carbocycles. The number of amides is 2. The molecule has 1 aromatic rings. The van der Waals surface area contributed by atoms with Crippen LogP contribution in [-0.4, -0.2) is 56.6 Å². The van der Waals surface area contributed by atoms with E-state index in [2.05, 4.69) is 10.6 Å². The Morgan fingerprint density at radius 3 is 2.28 bits per heavy atom. The molecule has 0 saturated heterocycles. The largest absolute Gasteiger partial charge is 0.493 e. The van der Waals surface area contributed by atoms with Gasteiger partial charge in [-0.2, -0.15) is 0 Å². The van der Waals surface area contributed by atoms with Gasteiger partial charge in [0.2, 0.25) is 11.8 Å². The molecule has 0 radical (unpaired) electrons. The quantitative estimate of drug-likeness (QED) is 0.661. The van der Waals surface area contributed by atoms with Crippen molar-refractivity contribution in [2.24, 2.45) is 0 Å². The van der Waals surface area contributed by atoms with Gasteiger partial charge in [-0.05, 0) is 38.1 Å². The Bertz CT molecular complexity index is 575. The van der Waals surface area contributed by atoms with Crippen LogP contribution in [0.3, 0.4) is 0 Å². The lowest BCUT2D eigenvalue weighted by Crippen LogP contribution is -2.44. The van der Waals surface area contributed by atoms with Crippen LogP contribution in [0.2, 0.25) is 0 Å². The van der Waals surface area contributed by atoms with Gasteiger partial charge in [0.05, 0.1) is 27.3 Å². The molecule has 0 bridgehead atoms. The maximum absolute atomic E-state index is 12.1. The van der Waals surface area contributed by atoms with Crippen LogP contribution in [0.5, 0.6) is 11.5 Å². The Morgan fingerprint density at radius 1 is 1.08 bits per heavy atom. The van der Waals surface area contributed by atoms with Gasteiger partial charge in [-0.1, -0.05) is 13.0 Å². The average Bonchev–Trinajstić information content (AvgIpc) is 2.58. The van der Waals surface area contributed by atoms with Gasteiger partial charge < -0.3 is 20.1 Å². The molecule has 7 nitrogen and oxygen atoms in total. The molecule has 0 aliphatic rings. The van der Waals surface area contributed by atoms with Gasteiger partial charge in [-0.15, -0.1) is 0 Å². The molecule has 25 heavy (non-hydrogen) atoms. The Morgan fingerprint density at radius 2 is 1.72 bits per heavy atom. The van der Waals surface area contributed by atoms with E-state index in [4.69, 9.17) is 9.47 Å². The van der Waals surface area contributed by atoms with Crippen molar-refractivity contribution >= 4 is 11.8 Å². The van der Waals surface area contributed by atoms with Gasteiger partial charge in [0.15, 0.2) is 11.5 Å². The van der Waals surface area contributed by atoms with E-state index >= 15 is 0 Å². The van der Waals surface area contributed by atoms with Crippen LogP contribution >= 0.6 is 0 Å². The molecule has 0 aliphatic carbocycles. The second-order valence-corrected chi connectivity index (χ2v) is 5.99. The lowest BCUT2D eigenvalue weighted by Gasteiger charge is -2.20. The third-order valence-electron chi connectivity index (χ3n) is 3.57. The zero-order valence-corrected chi connectivity index (χ0v) is 15.7. The average molecular weight is 351 g/mol. The van der Waals surface area contributed by atoms with Crippen LogP contribution in [0.25, 0.3) is 0 Å². The Kier molecular flexibility index (Phi) is 8.77. The van der Waals surface area contributed by atoms with Gasteiger partial charge in [-0.25, -0.2) is 0 Å². The number of nitrogens with zero attached hydrogens (tertiary/aromatic N) is 1. The number of carbonyl (C=O) groups excluding carboxylic acids is 2. The fourth-order valence-corrected chi connectivity index (χ4v) is 2.30. The summed E-state index contributed by atoms with van der Waals surface area (Å²) in [6, 6.07) is 5.59. The SMILES string of the molecule is CCN(CC(=O)NCc1ccc(OC)c(OC)c1)CC(=O)NC(C)C. The maximum atomic E-state index is 12.1. The second-order valence-electron chi connectivity index (χ2n) is 5.99. The van der Waals surface area contributed by atoms with Crippen molar-refractivity contribution < 1.29 is 19.1 Å². The third kappa shape index (κ3) is 7.43. The summed E-state index contributed by atoms with van der Waals surface area (Å²) in [5.74, 6) is 1.05. The van der Waals surface area contributed by atoms with E-state index in [9.17, 15) is 9.59 Å². The number of ether oxygens (including phenoxy) is 2. The maximum Gasteiger partial charge on any atom is 0.234 e. The number of benzene rings is 1. The lowest BCUT2D eigenvalue weighted by molar-refractivity contribution is -0.125. The first kappa shape index (κ1) is 20.8. The minimum atomic E-state index is -0.131. The minimum Gasteiger partial charge on any atom is -0.493 e. The first-order chi connectivity index (χ1) is 11.9. The predicted molar refractivity (Wildman–Crippen MR) is 96.8 cm³/mol. The summed E-state index contributed by atoms with van der Waals surface area (Å²) < 4.78 is 10.4. The van der Waals surface area contributed by atoms with Crippen LogP contribution in [0, 0.1) is 0 Å². The standard InChI is InChI=1S/C18H29N3O4/c1-6-21(12-18(23)20-13(2)3)11-17(22)19-10-14-7-8-15(24-4)16(9-14)25-5/h7-9,13H,6,10-12H2,1-5H3,(H,19,22)(H,20,23). The molecule has 7 heteroatoms. The van der Waals surface area contributed by atoms with E-state index in [1.807, 2.05) is 32.9 Å². The van der Waals surface area contributed by atoms with Crippen LogP contribution in [0.4, 0.5) is 0 Å². The van der Waals surface area contributed by atoms with Crippen molar-refractivity contribution in [2.45, 2.75) is 33.4 Å². The van der Waals surface area contributed by atoms with Gasteiger partial charge in [0.1, 0.15) is 0 Å². The zero-order valence-electron chi connectivity index (χ0n) is 15.7. The highest BCUT2D eigenvalue weighted by molar-refractivity contribution is 5.81. The van der Waals surface area contributed by atoms with Crippen molar-refractivity contribution in [3.8, 4) is 11.5 Å². The summed E-state index contributed by atoms with van der Waals surface area (Å²) in [6.45, 7) is 7.12. The second kappa shape index (κ2) is 10.6. The van der Waals surface area contributed by atoms with E-state index in [0.29, 0.717) is 24.6 Å². The summed E-state index contributed by atoms with van der Waals surface area (Å²) in [4.78, 5) is 25.7. The van der Waals surface area contributed by atoms with Gasteiger partial charge in [0, 0.05) is 12.6 Å². The van der Waals surface area contributed by atoms with Gasteiger partial charge in [-0.3, -0.25) is 14.5 Å². The molecule has 0 saturated carbocycles. The molecule has 0 spiro atoms. The monoisotopic (exact) mass is 351 g/mol. The minimum absolute atomic E-state index is 0.0791. The number of nitrogens with one attached hydrogen (secondary N) is 2. The first-order valence-corrected chi connectivity index (χ1v) is 8.38. The fourth-order valence-electron chi connectivity index (χ4n) is 2.30. The fraction of sp³-hybridized carbons (Fsp3) is 0.556. The first-order valence-electron chi connectivity index (χ1n) is 8.38. The molecule has 140 valence electrons. The van der Waals surface area contributed by atoms with Crippen molar-refractivity contribution in [3.05, 3.63) is 23.8 Å². The molecular formula is C18H29N3O4. The number of carbonyl (C=O) groups is 2. The molecule has 2 N–H and O–H groups in total. The van der Waals surface area contributed by atoms with Crippen molar-refractivity contribution in [1.29, 1.82) is 0 Å². The number of rotatable bonds is 10. The Balaban J connectivity index is 2.51. The molecule has 0 aromatic heterocycles. The molecular weight excluding hydrogens is 322 g/mol. The van der Waals surface area contributed by atoms with Gasteiger partial charge >= 0.3 is 0 Å². The van der Waals surface area contributed by atoms with Crippen LogP contribution in [0.1, 0.15) is 26.3 Å². The number of methoxy groups -OCH3 is 2. The summed E-state index contributed by atoms with van der Waals surface area (Å²) in [6.07, 6.45) is 0. The molecule has 0 atom stereocenters. The number of hydrogen-bond donors (Lipinski definition) is 2. The van der Waals surface area contributed by atoms with E-state index in [1.54, 1.807) is 25.2 Å². The Labute approximate surface area is 149 Å². The third-order valence-corrected chi connectivity index (χ3v) is 3.57. The predicted octanol–water partition coefficient (Wildman–Crippen LogP) is 1.17. The molecule has 0 fully saturated rings. The van der Waals surface area contributed by atoms with Gasteiger partial charge in [0.25, 0.3) is 0 Å². The van der Waals surface area contributed by atoms with E-state index < -0.39 is 0 Å². The molecule has 2 amide bonds. The van der Waals surface area contributed by atoms with Crippen LogP contribution in [-0.2, 0) is 16.1 Å². The van der Waals surface area contributed by atoms with E-state index in [-0.39, 0.29) is 30.9 Å². The molecule has 1 rings (SSSR count). The van der Waals surface area contributed by atoms with Crippen molar-refractivity contribution in [1.82, 2.24) is 15.5 Å². The molecule has 0 unspecified atom stereocenters. The molecule has 0 aliphatic heterocycles. The summed E-state index contributed by atoms with van der Waals surface area (Å²) in [7, 11) is 3.15. The lowest BCUT2D eigenvalue weighted by atomic mass is 10.2. The van der Waals surface area contributed by atoms with Crippen molar-refractivity contribution in [3.63, 3.8) is 0 Å². The van der Waals surface area contributed by atoms with E-state index in [1.165, 1.54) is 0 Å².